The van der Waals surface area contributed by atoms with Crippen molar-refractivity contribution in [3.05, 3.63) is 35.9 Å². The summed E-state index contributed by atoms with van der Waals surface area (Å²) in [5, 5.41) is 26.7. The SMILES string of the molecule is OCC(O)C(O)C#CC#Cc1ccccc1. The van der Waals surface area contributed by atoms with Gasteiger partial charge in [0.1, 0.15) is 12.2 Å². The predicted molar refractivity (Wildman–Crippen MR) is 60.2 cm³/mol. The molecule has 0 saturated heterocycles. The summed E-state index contributed by atoms with van der Waals surface area (Å²) in [5.74, 6) is 10.1. The summed E-state index contributed by atoms with van der Waals surface area (Å²) in [5.41, 5.74) is 0.828. The van der Waals surface area contributed by atoms with Crippen molar-refractivity contribution in [1.82, 2.24) is 0 Å². The molecule has 3 N–H and O–H groups in total. The minimum absolute atomic E-state index is 0.526. The van der Waals surface area contributed by atoms with Crippen molar-refractivity contribution in [2.24, 2.45) is 0 Å². The molecule has 0 fully saturated rings. The highest BCUT2D eigenvalue weighted by Gasteiger charge is 2.10. The third-order valence-corrected chi connectivity index (χ3v) is 1.81. The lowest BCUT2D eigenvalue weighted by molar-refractivity contribution is 0.0139. The monoisotopic (exact) mass is 216 g/mol. The predicted octanol–water partition coefficient (Wildman–Crippen LogP) is -0.244. The number of benzene rings is 1. The Kier molecular flexibility index (Phi) is 5.11. The molecule has 0 heterocycles. The van der Waals surface area contributed by atoms with Crippen LogP contribution in [0.5, 0.6) is 0 Å². The van der Waals surface area contributed by atoms with Crippen LogP contribution < -0.4 is 0 Å². The molecule has 0 aliphatic carbocycles. The molecule has 1 aromatic rings. The maximum absolute atomic E-state index is 9.16. The van der Waals surface area contributed by atoms with Gasteiger partial charge in [0.15, 0.2) is 0 Å². The summed E-state index contributed by atoms with van der Waals surface area (Å²) in [6.45, 7) is -0.526. The van der Waals surface area contributed by atoms with Crippen molar-refractivity contribution in [3.63, 3.8) is 0 Å². The van der Waals surface area contributed by atoms with E-state index in [9.17, 15) is 0 Å². The van der Waals surface area contributed by atoms with Crippen LogP contribution in [0.4, 0.5) is 0 Å². The zero-order chi connectivity index (χ0) is 11.8. The largest absolute Gasteiger partial charge is 0.394 e. The average molecular weight is 216 g/mol. The Balaban J connectivity index is 2.58. The van der Waals surface area contributed by atoms with E-state index >= 15 is 0 Å². The highest BCUT2D eigenvalue weighted by molar-refractivity contribution is 5.39. The van der Waals surface area contributed by atoms with Crippen LogP contribution in [0, 0.1) is 23.7 Å². The third-order valence-electron chi connectivity index (χ3n) is 1.81. The van der Waals surface area contributed by atoms with Gasteiger partial charge in [-0.15, -0.1) is 0 Å². The first-order valence-corrected chi connectivity index (χ1v) is 4.77. The first-order valence-electron chi connectivity index (χ1n) is 4.77. The van der Waals surface area contributed by atoms with Crippen LogP contribution in [0.3, 0.4) is 0 Å². The molecular formula is C13H12O3. The van der Waals surface area contributed by atoms with E-state index in [0.717, 1.165) is 5.56 Å². The van der Waals surface area contributed by atoms with Gasteiger partial charge < -0.3 is 15.3 Å². The maximum atomic E-state index is 9.16. The number of aliphatic hydroxyl groups excluding tert-OH is 3. The Labute approximate surface area is 94.4 Å². The molecule has 0 bridgehead atoms. The molecule has 2 unspecified atom stereocenters. The highest BCUT2D eigenvalue weighted by atomic mass is 16.4. The number of hydrogen-bond acceptors (Lipinski definition) is 3. The van der Waals surface area contributed by atoms with E-state index in [4.69, 9.17) is 15.3 Å². The molecule has 1 rings (SSSR count). The van der Waals surface area contributed by atoms with E-state index in [0.29, 0.717) is 0 Å². The fourth-order valence-electron chi connectivity index (χ4n) is 0.931. The van der Waals surface area contributed by atoms with E-state index in [2.05, 4.69) is 23.7 Å². The fourth-order valence-corrected chi connectivity index (χ4v) is 0.931. The molecule has 0 aliphatic heterocycles. The minimum Gasteiger partial charge on any atom is -0.394 e. The van der Waals surface area contributed by atoms with Gasteiger partial charge in [0, 0.05) is 5.56 Å². The first kappa shape index (κ1) is 12.3. The standard InChI is InChI=1S/C13H12O3/c14-10-13(16)12(15)9-5-4-8-11-6-2-1-3-7-11/h1-3,6-7,12-16H,10H2. The molecule has 2 atom stereocenters. The van der Waals surface area contributed by atoms with E-state index in [1.807, 2.05) is 30.3 Å². The number of rotatable bonds is 2. The van der Waals surface area contributed by atoms with Gasteiger partial charge in [0.2, 0.25) is 0 Å². The van der Waals surface area contributed by atoms with Gasteiger partial charge in [-0.3, -0.25) is 0 Å². The van der Waals surface area contributed by atoms with Gasteiger partial charge in [0.25, 0.3) is 0 Å². The van der Waals surface area contributed by atoms with Crippen molar-refractivity contribution in [3.8, 4) is 23.7 Å². The molecule has 0 radical (unpaired) electrons. The number of aliphatic hydroxyl groups is 3. The quantitative estimate of drug-likeness (QED) is 0.598. The zero-order valence-corrected chi connectivity index (χ0v) is 8.59. The van der Waals surface area contributed by atoms with Crippen molar-refractivity contribution >= 4 is 0 Å². The second-order valence-electron chi connectivity index (χ2n) is 3.08. The van der Waals surface area contributed by atoms with Crippen LogP contribution in [0.1, 0.15) is 5.56 Å². The first-order chi connectivity index (χ1) is 7.74. The van der Waals surface area contributed by atoms with Crippen LogP contribution in [0.25, 0.3) is 0 Å². The van der Waals surface area contributed by atoms with Gasteiger partial charge in [0.05, 0.1) is 6.61 Å². The average Bonchev–Trinajstić information content (AvgIpc) is 2.34. The van der Waals surface area contributed by atoms with Crippen molar-refractivity contribution in [2.75, 3.05) is 6.61 Å². The molecular weight excluding hydrogens is 204 g/mol. The molecule has 82 valence electrons. The highest BCUT2D eigenvalue weighted by Crippen LogP contribution is 1.94. The summed E-state index contributed by atoms with van der Waals surface area (Å²) in [6, 6.07) is 9.29. The second-order valence-corrected chi connectivity index (χ2v) is 3.08. The van der Waals surface area contributed by atoms with E-state index in [1.54, 1.807) is 0 Å². The van der Waals surface area contributed by atoms with Gasteiger partial charge in [-0.05, 0) is 24.0 Å². The van der Waals surface area contributed by atoms with Crippen LogP contribution in [0.2, 0.25) is 0 Å². The molecule has 16 heavy (non-hydrogen) atoms. The van der Waals surface area contributed by atoms with Gasteiger partial charge in [-0.1, -0.05) is 30.0 Å². The van der Waals surface area contributed by atoms with E-state index < -0.39 is 18.8 Å². The normalized spacial score (nSPS) is 12.7. The zero-order valence-electron chi connectivity index (χ0n) is 8.59. The maximum Gasteiger partial charge on any atom is 0.143 e. The van der Waals surface area contributed by atoms with Crippen LogP contribution >= 0.6 is 0 Å². The van der Waals surface area contributed by atoms with Gasteiger partial charge >= 0.3 is 0 Å². The van der Waals surface area contributed by atoms with Crippen molar-refractivity contribution in [2.45, 2.75) is 12.2 Å². The van der Waals surface area contributed by atoms with Crippen LogP contribution in [0.15, 0.2) is 30.3 Å². The second kappa shape index (κ2) is 6.66. The van der Waals surface area contributed by atoms with Gasteiger partial charge in [-0.2, -0.15) is 0 Å². The van der Waals surface area contributed by atoms with Gasteiger partial charge in [-0.25, -0.2) is 0 Å². The van der Waals surface area contributed by atoms with Crippen molar-refractivity contribution in [1.29, 1.82) is 0 Å². The molecule has 0 aliphatic rings. The molecule has 0 amide bonds. The summed E-state index contributed by atoms with van der Waals surface area (Å²) >= 11 is 0. The lowest BCUT2D eigenvalue weighted by Gasteiger charge is -2.07. The molecule has 0 aromatic heterocycles. The molecule has 0 saturated carbocycles. The Morgan fingerprint density at radius 1 is 1.06 bits per heavy atom. The molecule has 3 heteroatoms. The molecule has 0 spiro atoms. The summed E-state index contributed by atoms with van der Waals surface area (Å²) in [6.07, 6.45) is -2.51. The third kappa shape index (κ3) is 4.16. The van der Waals surface area contributed by atoms with Crippen molar-refractivity contribution < 1.29 is 15.3 Å². The van der Waals surface area contributed by atoms with Crippen LogP contribution in [-0.4, -0.2) is 34.1 Å². The lowest BCUT2D eigenvalue weighted by atomic mass is 10.2. The molecule has 3 nitrogen and oxygen atoms in total. The van der Waals surface area contributed by atoms with E-state index in [-0.39, 0.29) is 0 Å². The van der Waals surface area contributed by atoms with Crippen LogP contribution in [-0.2, 0) is 0 Å². The lowest BCUT2D eigenvalue weighted by Crippen LogP contribution is -2.27. The summed E-state index contributed by atoms with van der Waals surface area (Å²) in [4.78, 5) is 0. The van der Waals surface area contributed by atoms with E-state index in [1.165, 1.54) is 0 Å². The Hall–Kier alpha value is -1.78. The Bertz CT molecular complexity index is 431. The smallest absolute Gasteiger partial charge is 0.143 e. The summed E-state index contributed by atoms with van der Waals surface area (Å²) in [7, 11) is 0. The Morgan fingerprint density at radius 2 is 1.75 bits per heavy atom. The minimum atomic E-state index is -1.27. The summed E-state index contributed by atoms with van der Waals surface area (Å²) < 4.78 is 0. The molecule has 1 aromatic carbocycles. The fraction of sp³-hybridized carbons (Fsp3) is 0.231. The number of hydrogen-bond donors (Lipinski definition) is 3. The Morgan fingerprint density at radius 3 is 2.38 bits per heavy atom. The topological polar surface area (TPSA) is 60.7 Å².